The van der Waals surface area contributed by atoms with Gasteiger partial charge in [0.2, 0.25) is 11.8 Å². The SMILES string of the molecule is COc1ccccc1NC(=O)[C@@H]1CC(=O)Nc2c(-c3ccc(Cl)cc3)cnn21. The number of nitrogens with zero attached hydrogens (tertiary/aromatic N) is 2. The maximum Gasteiger partial charge on any atom is 0.249 e. The molecule has 0 unspecified atom stereocenters. The number of halogens is 1. The third-order valence-electron chi connectivity index (χ3n) is 4.55. The molecule has 1 aliphatic heterocycles. The van der Waals surface area contributed by atoms with Crippen LogP contribution in [-0.2, 0) is 9.59 Å². The lowest BCUT2D eigenvalue weighted by Crippen LogP contribution is -2.35. The van der Waals surface area contributed by atoms with Gasteiger partial charge in [-0.3, -0.25) is 9.59 Å². The summed E-state index contributed by atoms with van der Waals surface area (Å²) in [4.78, 5) is 25.2. The van der Waals surface area contributed by atoms with Gasteiger partial charge in [0.25, 0.3) is 0 Å². The summed E-state index contributed by atoms with van der Waals surface area (Å²) in [5.74, 6) is 0.437. The molecule has 2 aromatic carbocycles. The molecule has 142 valence electrons. The normalized spacial score (nSPS) is 15.5. The summed E-state index contributed by atoms with van der Waals surface area (Å²) in [6.07, 6.45) is 1.63. The van der Waals surface area contributed by atoms with Crippen LogP contribution in [0.5, 0.6) is 5.75 Å². The van der Waals surface area contributed by atoms with Gasteiger partial charge in [-0.25, -0.2) is 4.68 Å². The van der Waals surface area contributed by atoms with Crippen LogP contribution in [0.1, 0.15) is 12.5 Å². The van der Waals surface area contributed by atoms with Crippen molar-refractivity contribution in [3.63, 3.8) is 0 Å². The molecule has 0 bridgehead atoms. The first kappa shape index (κ1) is 18.1. The van der Waals surface area contributed by atoms with Gasteiger partial charge < -0.3 is 15.4 Å². The minimum Gasteiger partial charge on any atom is -0.495 e. The number of amides is 2. The van der Waals surface area contributed by atoms with E-state index >= 15 is 0 Å². The summed E-state index contributed by atoms with van der Waals surface area (Å²) in [7, 11) is 1.53. The van der Waals surface area contributed by atoms with Gasteiger partial charge in [0.05, 0.1) is 25.4 Å². The molecule has 28 heavy (non-hydrogen) atoms. The Bertz CT molecular complexity index is 1050. The number of ether oxygens (including phenoxy) is 1. The van der Waals surface area contributed by atoms with Crippen LogP contribution in [0, 0.1) is 0 Å². The molecule has 0 saturated carbocycles. The minimum atomic E-state index is -0.769. The van der Waals surface area contributed by atoms with Crippen LogP contribution < -0.4 is 15.4 Å². The molecule has 1 aromatic heterocycles. The Morgan fingerprint density at radius 2 is 2.00 bits per heavy atom. The lowest BCUT2D eigenvalue weighted by molar-refractivity contribution is -0.125. The number of fused-ring (bicyclic) bond motifs is 1. The molecule has 8 heteroatoms. The maximum absolute atomic E-state index is 12.9. The van der Waals surface area contributed by atoms with Gasteiger partial charge in [-0.2, -0.15) is 5.10 Å². The summed E-state index contributed by atoms with van der Waals surface area (Å²) in [5.41, 5.74) is 2.10. The monoisotopic (exact) mass is 396 g/mol. The average molecular weight is 397 g/mol. The molecular weight excluding hydrogens is 380 g/mol. The second-order valence-electron chi connectivity index (χ2n) is 6.32. The van der Waals surface area contributed by atoms with E-state index in [4.69, 9.17) is 16.3 Å². The summed E-state index contributed by atoms with van der Waals surface area (Å²) < 4.78 is 6.81. The van der Waals surface area contributed by atoms with E-state index in [2.05, 4.69) is 15.7 Å². The highest BCUT2D eigenvalue weighted by Gasteiger charge is 2.33. The molecule has 0 spiro atoms. The number of nitrogens with one attached hydrogen (secondary N) is 2. The fourth-order valence-electron chi connectivity index (χ4n) is 3.18. The van der Waals surface area contributed by atoms with E-state index in [1.807, 2.05) is 18.2 Å². The topological polar surface area (TPSA) is 85.2 Å². The van der Waals surface area contributed by atoms with Crippen LogP contribution >= 0.6 is 11.6 Å². The molecule has 2 amide bonds. The van der Waals surface area contributed by atoms with Crippen LogP contribution in [0.2, 0.25) is 5.02 Å². The number of para-hydroxylation sites is 2. The van der Waals surface area contributed by atoms with E-state index in [-0.39, 0.29) is 18.2 Å². The van der Waals surface area contributed by atoms with E-state index in [1.165, 1.54) is 11.8 Å². The molecule has 0 aliphatic carbocycles. The Morgan fingerprint density at radius 1 is 1.25 bits per heavy atom. The Balaban J connectivity index is 1.66. The molecule has 0 radical (unpaired) electrons. The van der Waals surface area contributed by atoms with Gasteiger partial charge in [-0.1, -0.05) is 35.9 Å². The lowest BCUT2D eigenvalue weighted by atomic mass is 10.1. The molecular formula is C20H17ClN4O3. The second-order valence-corrected chi connectivity index (χ2v) is 6.75. The molecule has 1 atom stereocenters. The van der Waals surface area contributed by atoms with Gasteiger partial charge >= 0.3 is 0 Å². The van der Waals surface area contributed by atoms with Crippen molar-refractivity contribution in [3.05, 3.63) is 59.8 Å². The Morgan fingerprint density at radius 3 is 2.75 bits per heavy atom. The van der Waals surface area contributed by atoms with Crippen molar-refractivity contribution in [3.8, 4) is 16.9 Å². The zero-order valence-electron chi connectivity index (χ0n) is 15.0. The molecule has 0 saturated heterocycles. The maximum atomic E-state index is 12.9. The van der Waals surface area contributed by atoms with Crippen molar-refractivity contribution in [1.29, 1.82) is 0 Å². The standard InChI is InChI=1S/C20H17ClN4O3/c1-28-17-5-3-2-4-15(17)23-20(27)16-10-18(26)24-19-14(11-22-25(16)19)12-6-8-13(21)9-7-12/h2-9,11,16H,10H2,1H3,(H,23,27)(H,24,26)/t16-/m0/s1. The molecule has 4 rings (SSSR count). The van der Waals surface area contributed by atoms with Crippen molar-refractivity contribution in [2.24, 2.45) is 0 Å². The fourth-order valence-corrected chi connectivity index (χ4v) is 3.30. The van der Waals surface area contributed by atoms with Crippen molar-refractivity contribution in [2.75, 3.05) is 17.7 Å². The highest BCUT2D eigenvalue weighted by molar-refractivity contribution is 6.30. The number of aromatic nitrogens is 2. The first-order chi connectivity index (χ1) is 13.6. The van der Waals surface area contributed by atoms with E-state index in [9.17, 15) is 9.59 Å². The molecule has 7 nitrogen and oxygen atoms in total. The smallest absolute Gasteiger partial charge is 0.249 e. The number of benzene rings is 2. The molecule has 1 aliphatic rings. The van der Waals surface area contributed by atoms with Gasteiger partial charge in [-0.15, -0.1) is 0 Å². The molecule has 0 fully saturated rings. The number of rotatable bonds is 4. The van der Waals surface area contributed by atoms with Gasteiger partial charge in [0.1, 0.15) is 17.6 Å². The van der Waals surface area contributed by atoms with E-state index in [1.54, 1.807) is 36.5 Å². The quantitative estimate of drug-likeness (QED) is 0.703. The number of carbonyl (C=O) groups is 2. The second kappa shape index (κ2) is 7.36. The molecule has 2 heterocycles. The molecule has 2 N–H and O–H groups in total. The van der Waals surface area contributed by atoms with Crippen LogP contribution in [0.3, 0.4) is 0 Å². The van der Waals surface area contributed by atoms with Gasteiger partial charge in [0, 0.05) is 10.6 Å². The largest absolute Gasteiger partial charge is 0.495 e. The summed E-state index contributed by atoms with van der Waals surface area (Å²) in [5, 5.41) is 10.6. The predicted molar refractivity (Wildman–Crippen MR) is 107 cm³/mol. The Kier molecular flexibility index (Phi) is 4.75. The Labute approximate surface area is 166 Å². The van der Waals surface area contributed by atoms with E-state index in [0.717, 1.165) is 11.1 Å². The van der Waals surface area contributed by atoms with E-state index < -0.39 is 6.04 Å². The van der Waals surface area contributed by atoms with Crippen molar-refractivity contribution in [2.45, 2.75) is 12.5 Å². The zero-order chi connectivity index (χ0) is 19.7. The number of hydrogen-bond acceptors (Lipinski definition) is 4. The first-order valence-electron chi connectivity index (χ1n) is 8.64. The Hall–Kier alpha value is -3.32. The van der Waals surface area contributed by atoms with Crippen molar-refractivity contribution < 1.29 is 14.3 Å². The number of methoxy groups -OCH3 is 1. The first-order valence-corrected chi connectivity index (χ1v) is 9.02. The van der Waals surface area contributed by atoms with Crippen LogP contribution in [-0.4, -0.2) is 28.7 Å². The third-order valence-corrected chi connectivity index (χ3v) is 4.80. The zero-order valence-corrected chi connectivity index (χ0v) is 15.7. The molecule has 3 aromatic rings. The fraction of sp³-hybridized carbons (Fsp3) is 0.150. The van der Waals surface area contributed by atoms with Gasteiger partial charge in [0.15, 0.2) is 0 Å². The predicted octanol–water partition coefficient (Wildman–Crippen LogP) is 3.73. The van der Waals surface area contributed by atoms with E-state index in [0.29, 0.717) is 22.3 Å². The minimum absolute atomic E-state index is 0.00425. The summed E-state index contributed by atoms with van der Waals surface area (Å²) in [6, 6.07) is 13.5. The van der Waals surface area contributed by atoms with Crippen LogP contribution in [0.4, 0.5) is 11.5 Å². The van der Waals surface area contributed by atoms with Gasteiger partial charge in [-0.05, 0) is 29.8 Å². The average Bonchev–Trinajstić information content (AvgIpc) is 3.12. The number of anilines is 2. The van der Waals surface area contributed by atoms with Crippen LogP contribution in [0.15, 0.2) is 54.7 Å². The number of carbonyl (C=O) groups excluding carboxylic acids is 2. The lowest BCUT2D eigenvalue weighted by Gasteiger charge is -2.25. The van der Waals surface area contributed by atoms with Crippen molar-refractivity contribution in [1.82, 2.24) is 9.78 Å². The summed E-state index contributed by atoms with van der Waals surface area (Å²) >= 11 is 5.95. The number of hydrogen-bond donors (Lipinski definition) is 2. The van der Waals surface area contributed by atoms with Crippen LogP contribution in [0.25, 0.3) is 11.1 Å². The third kappa shape index (κ3) is 3.32. The van der Waals surface area contributed by atoms with Crippen molar-refractivity contribution >= 4 is 34.9 Å². The highest BCUT2D eigenvalue weighted by Crippen LogP contribution is 2.35. The summed E-state index contributed by atoms with van der Waals surface area (Å²) in [6.45, 7) is 0. The highest BCUT2D eigenvalue weighted by atomic mass is 35.5.